The maximum Gasteiger partial charge on any atom is 0.310 e. The van der Waals surface area contributed by atoms with Crippen molar-refractivity contribution < 1.29 is 19.4 Å². The van der Waals surface area contributed by atoms with Crippen LogP contribution in [0.3, 0.4) is 0 Å². The second-order valence-electron chi connectivity index (χ2n) is 5.77. The number of rotatable bonds is 3. The van der Waals surface area contributed by atoms with Crippen LogP contribution in [0.1, 0.15) is 12.5 Å². The van der Waals surface area contributed by atoms with Gasteiger partial charge in [-0.1, -0.05) is 30.4 Å². The lowest BCUT2D eigenvalue weighted by Crippen LogP contribution is -2.44. The Morgan fingerprint density at radius 1 is 1.33 bits per heavy atom. The molecule has 5 nitrogen and oxygen atoms in total. The molecule has 0 aliphatic carbocycles. The summed E-state index contributed by atoms with van der Waals surface area (Å²) in [4.78, 5) is 24.1. The number of benzene rings is 1. The molecule has 1 aromatic rings. The monoisotopic (exact) mass is 287 g/mol. The number of nitrogens with one attached hydrogen (secondary N) is 1. The number of hydrogen-bond donors (Lipinski definition) is 2. The quantitative estimate of drug-likeness (QED) is 0.833. The number of fused-ring (bicyclic) bond motifs is 2. The van der Waals surface area contributed by atoms with E-state index in [-0.39, 0.29) is 5.91 Å². The van der Waals surface area contributed by atoms with Crippen molar-refractivity contribution in [2.24, 2.45) is 11.8 Å². The number of carboxylic acids is 1. The van der Waals surface area contributed by atoms with E-state index in [1.807, 2.05) is 25.1 Å². The highest BCUT2D eigenvalue weighted by Crippen LogP contribution is 2.47. The number of carbonyl (C=O) groups excluding carboxylic acids is 1. The standard InChI is InChI=1S/C16H17NO4/c1-9-5-3-4-6-10(9)17-14(18)13-12(15(19)20)11-7-8-16(13,2)21-11/h3-8,11-13H,1-2H3,(H,17,18)(H,19,20)/t11-,12-,13+,16-/m1/s1. The first-order valence-electron chi connectivity index (χ1n) is 6.89. The summed E-state index contributed by atoms with van der Waals surface area (Å²) in [6.45, 7) is 3.65. The Bertz CT molecular complexity index is 639. The summed E-state index contributed by atoms with van der Waals surface area (Å²) in [6, 6.07) is 7.41. The number of hydrogen-bond acceptors (Lipinski definition) is 3. The van der Waals surface area contributed by atoms with Crippen LogP contribution in [0.15, 0.2) is 36.4 Å². The van der Waals surface area contributed by atoms with E-state index < -0.39 is 29.5 Å². The molecule has 2 aliphatic heterocycles. The van der Waals surface area contributed by atoms with Crippen LogP contribution in [-0.2, 0) is 14.3 Å². The Hall–Kier alpha value is -2.14. The molecule has 0 unspecified atom stereocenters. The number of aryl methyl sites for hydroxylation is 1. The van der Waals surface area contributed by atoms with Gasteiger partial charge in [0.2, 0.25) is 5.91 Å². The maximum atomic E-state index is 12.6. The summed E-state index contributed by atoms with van der Waals surface area (Å²) in [6.07, 6.45) is 3.00. The van der Waals surface area contributed by atoms with Gasteiger partial charge in [0.05, 0.1) is 17.6 Å². The van der Waals surface area contributed by atoms with Gasteiger partial charge in [-0.05, 0) is 25.5 Å². The van der Waals surface area contributed by atoms with Gasteiger partial charge in [0.25, 0.3) is 0 Å². The average molecular weight is 287 g/mol. The molecule has 0 aromatic heterocycles. The van der Waals surface area contributed by atoms with E-state index in [0.29, 0.717) is 5.69 Å². The van der Waals surface area contributed by atoms with Crippen molar-refractivity contribution in [1.29, 1.82) is 0 Å². The lowest BCUT2D eigenvalue weighted by atomic mass is 9.75. The van der Waals surface area contributed by atoms with Crippen molar-refractivity contribution in [3.05, 3.63) is 42.0 Å². The molecule has 2 N–H and O–H groups in total. The van der Waals surface area contributed by atoms with E-state index in [2.05, 4.69) is 5.32 Å². The van der Waals surface area contributed by atoms with E-state index in [4.69, 9.17) is 4.74 Å². The first kappa shape index (κ1) is 13.8. The zero-order chi connectivity index (χ0) is 15.2. The highest BCUT2D eigenvalue weighted by atomic mass is 16.5. The molecule has 0 saturated carbocycles. The van der Waals surface area contributed by atoms with Crippen LogP contribution in [-0.4, -0.2) is 28.7 Å². The van der Waals surface area contributed by atoms with Crippen molar-refractivity contribution in [2.75, 3.05) is 5.32 Å². The van der Waals surface area contributed by atoms with Gasteiger partial charge in [-0.2, -0.15) is 0 Å². The Morgan fingerprint density at radius 2 is 2.05 bits per heavy atom. The predicted octanol–water partition coefficient (Wildman–Crippen LogP) is 1.98. The fourth-order valence-electron chi connectivity index (χ4n) is 3.20. The molecule has 110 valence electrons. The van der Waals surface area contributed by atoms with E-state index in [1.54, 1.807) is 25.1 Å². The minimum absolute atomic E-state index is 0.314. The zero-order valence-corrected chi connectivity index (χ0v) is 11.9. The van der Waals surface area contributed by atoms with Gasteiger partial charge in [0.15, 0.2) is 0 Å². The van der Waals surface area contributed by atoms with Gasteiger partial charge in [0, 0.05) is 5.69 Å². The van der Waals surface area contributed by atoms with E-state index >= 15 is 0 Å². The molecular weight excluding hydrogens is 270 g/mol. The molecule has 1 saturated heterocycles. The number of amides is 1. The SMILES string of the molecule is Cc1ccccc1NC(=O)[C@@H]1[C@H](C(=O)O)[C@H]2C=C[C@@]1(C)O2. The zero-order valence-electron chi connectivity index (χ0n) is 11.9. The number of ether oxygens (including phenoxy) is 1. The third kappa shape index (κ3) is 2.14. The molecule has 21 heavy (non-hydrogen) atoms. The van der Waals surface area contributed by atoms with E-state index in [9.17, 15) is 14.7 Å². The molecule has 2 aliphatic rings. The normalized spacial score (nSPS) is 33.1. The Labute approximate surface area is 122 Å². The average Bonchev–Trinajstić information content (AvgIpc) is 2.94. The number of anilines is 1. The lowest BCUT2D eigenvalue weighted by Gasteiger charge is -2.28. The topological polar surface area (TPSA) is 75.6 Å². The Kier molecular flexibility index (Phi) is 3.10. The molecule has 3 rings (SSSR count). The summed E-state index contributed by atoms with van der Waals surface area (Å²) in [5.41, 5.74) is 0.782. The second kappa shape index (κ2) is 4.70. The minimum Gasteiger partial charge on any atom is -0.481 e. The highest BCUT2D eigenvalue weighted by molar-refractivity contribution is 5.97. The van der Waals surface area contributed by atoms with Gasteiger partial charge in [-0.3, -0.25) is 9.59 Å². The Morgan fingerprint density at radius 3 is 2.71 bits per heavy atom. The molecular formula is C16H17NO4. The van der Waals surface area contributed by atoms with Gasteiger partial charge >= 0.3 is 5.97 Å². The third-order valence-corrected chi connectivity index (χ3v) is 4.31. The van der Waals surface area contributed by atoms with Crippen molar-refractivity contribution in [2.45, 2.75) is 25.6 Å². The summed E-state index contributed by atoms with van der Waals surface area (Å²) in [5.74, 6) is -2.89. The number of aliphatic carboxylic acids is 1. The van der Waals surface area contributed by atoms with Gasteiger partial charge in [-0.15, -0.1) is 0 Å². The molecule has 0 spiro atoms. The maximum absolute atomic E-state index is 12.6. The molecule has 4 atom stereocenters. The molecule has 1 amide bonds. The molecule has 2 heterocycles. The van der Waals surface area contributed by atoms with Crippen molar-refractivity contribution in [3.8, 4) is 0 Å². The van der Waals surface area contributed by atoms with Gasteiger partial charge in [-0.25, -0.2) is 0 Å². The molecule has 2 bridgehead atoms. The second-order valence-corrected chi connectivity index (χ2v) is 5.77. The number of carbonyl (C=O) groups is 2. The van der Waals surface area contributed by atoms with Crippen LogP contribution in [0, 0.1) is 18.8 Å². The fourth-order valence-corrected chi connectivity index (χ4v) is 3.20. The highest BCUT2D eigenvalue weighted by Gasteiger charge is 2.59. The van der Waals surface area contributed by atoms with Crippen LogP contribution >= 0.6 is 0 Å². The summed E-state index contributed by atoms with van der Waals surface area (Å²) in [5, 5.41) is 12.2. The predicted molar refractivity (Wildman–Crippen MR) is 76.8 cm³/mol. The number of para-hydroxylation sites is 1. The number of carboxylic acid groups (broad SMARTS) is 1. The fraction of sp³-hybridized carbons (Fsp3) is 0.375. The molecule has 0 radical (unpaired) electrons. The molecule has 5 heteroatoms. The van der Waals surface area contributed by atoms with E-state index in [0.717, 1.165) is 5.56 Å². The van der Waals surface area contributed by atoms with Crippen LogP contribution in [0.5, 0.6) is 0 Å². The lowest BCUT2D eigenvalue weighted by molar-refractivity contribution is -0.146. The van der Waals surface area contributed by atoms with Crippen molar-refractivity contribution >= 4 is 17.6 Å². The summed E-state index contributed by atoms with van der Waals surface area (Å²) in [7, 11) is 0. The third-order valence-electron chi connectivity index (χ3n) is 4.31. The van der Waals surface area contributed by atoms with Crippen LogP contribution in [0.25, 0.3) is 0 Å². The van der Waals surface area contributed by atoms with Crippen LogP contribution in [0.4, 0.5) is 5.69 Å². The van der Waals surface area contributed by atoms with Gasteiger partial charge < -0.3 is 15.2 Å². The van der Waals surface area contributed by atoms with Crippen molar-refractivity contribution in [1.82, 2.24) is 0 Å². The molecule has 1 fully saturated rings. The minimum atomic E-state index is -1.00. The van der Waals surface area contributed by atoms with E-state index in [1.165, 1.54) is 0 Å². The smallest absolute Gasteiger partial charge is 0.310 e. The van der Waals surface area contributed by atoms with Crippen LogP contribution in [0.2, 0.25) is 0 Å². The first-order valence-corrected chi connectivity index (χ1v) is 6.89. The summed E-state index contributed by atoms with van der Waals surface area (Å²) >= 11 is 0. The largest absolute Gasteiger partial charge is 0.481 e. The summed E-state index contributed by atoms with van der Waals surface area (Å²) < 4.78 is 5.68. The van der Waals surface area contributed by atoms with Crippen LogP contribution < -0.4 is 5.32 Å². The molecule has 1 aromatic carbocycles. The van der Waals surface area contributed by atoms with Crippen molar-refractivity contribution in [3.63, 3.8) is 0 Å². The first-order chi connectivity index (χ1) is 9.92. The Balaban J connectivity index is 1.88. The van der Waals surface area contributed by atoms with Gasteiger partial charge in [0.1, 0.15) is 5.92 Å².